The molecule has 2 aromatic rings. The van der Waals surface area contributed by atoms with Gasteiger partial charge in [0, 0.05) is 5.92 Å². The van der Waals surface area contributed by atoms with E-state index in [2.05, 4.69) is 18.2 Å². The van der Waals surface area contributed by atoms with Gasteiger partial charge in [-0.25, -0.2) is 0 Å². The zero-order chi connectivity index (χ0) is 16.7. The van der Waals surface area contributed by atoms with Gasteiger partial charge >= 0.3 is 0 Å². The first-order chi connectivity index (χ1) is 11.2. The maximum absolute atomic E-state index is 5.99. The van der Waals surface area contributed by atoms with Crippen LogP contribution in [-0.2, 0) is 6.42 Å². The first kappa shape index (κ1) is 17.2. The van der Waals surface area contributed by atoms with Gasteiger partial charge < -0.3 is 19.9 Å². The lowest BCUT2D eigenvalue weighted by Crippen LogP contribution is -2.15. The molecule has 1 unspecified atom stereocenters. The van der Waals surface area contributed by atoms with Gasteiger partial charge in [-0.1, -0.05) is 18.2 Å². The van der Waals surface area contributed by atoms with Crippen molar-refractivity contribution in [3.8, 4) is 17.2 Å². The molecule has 124 valence electrons. The molecule has 0 aliphatic rings. The molecule has 0 saturated heterocycles. The zero-order valence-corrected chi connectivity index (χ0v) is 14.0. The van der Waals surface area contributed by atoms with Crippen molar-refractivity contribution in [3.63, 3.8) is 0 Å². The summed E-state index contributed by atoms with van der Waals surface area (Å²) in [7, 11) is 3.29. The predicted octanol–water partition coefficient (Wildman–Crippen LogP) is 3.39. The van der Waals surface area contributed by atoms with E-state index in [0.29, 0.717) is 13.2 Å². The Hall–Kier alpha value is -2.20. The van der Waals surface area contributed by atoms with Crippen molar-refractivity contribution in [1.82, 2.24) is 0 Å². The highest BCUT2D eigenvalue weighted by atomic mass is 16.5. The molecule has 2 aromatic carbocycles. The molecule has 4 heteroatoms. The van der Waals surface area contributed by atoms with Crippen molar-refractivity contribution >= 4 is 0 Å². The average molecular weight is 315 g/mol. The van der Waals surface area contributed by atoms with Gasteiger partial charge in [-0.05, 0) is 55.3 Å². The highest BCUT2D eigenvalue weighted by Crippen LogP contribution is 2.30. The summed E-state index contributed by atoms with van der Waals surface area (Å²) in [4.78, 5) is 0. The third-order valence-electron chi connectivity index (χ3n) is 3.88. The molecular weight excluding hydrogens is 290 g/mol. The number of benzene rings is 2. The third kappa shape index (κ3) is 4.39. The van der Waals surface area contributed by atoms with Crippen LogP contribution >= 0.6 is 0 Å². The molecule has 0 aliphatic carbocycles. The Balaban J connectivity index is 2.15. The van der Waals surface area contributed by atoms with Gasteiger partial charge in [0.2, 0.25) is 0 Å². The Bertz CT molecular complexity index is 611. The van der Waals surface area contributed by atoms with E-state index in [9.17, 15) is 0 Å². The van der Waals surface area contributed by atoms with Gasteiger partial charge in [-0.15, -0.1) is 0 Å². The fourth-order valence-electron chi connectivity index (χ4n) is 2.63. The summed E-state index contributed by atoms with van der Waals surface area (Å²) in [6.45, 7) is 3.24. The SMILES string of the molecule is CCOc1ccc(C(CN)Cc2ccc(OC)c(OC)c2)cc1. The predicted molar refractivity (Wildman–Crippen MR) is 92.7 cm³/mol. The van der Waals surface area contributed by atoms with Gasteiger partial charge in [0.25, 0.3) is 0 Å². The molecule has 23 heavy (non-hydrogen) atoms. The van der Waals surface area contributed by atoms with Crippen molar-refractivity contribution in [3.05, 3.63) is 53.6 Å². The lowest BCUT2D eigenvalue weighted by Gasteiger charge is -2.17. The molecule has 2 N–H and O–H groups in total. The lowest BCUT2D eigenvalue weighted by atomic mass is 9.92. The lowest BCUT2D eigenvalue weighted by molar-refractivity contribution is 0.340. The van der Waals surface area contributed by atoms with E-state index >= 15 is 0 Å². The van der Waals surface area contributed by atoms with E-state index in [4.69, 9.17) is 19.9 Å². The van der Waals surface area contributed by atoms with E-state index < -0.39 is 0 Å². The molecule has 4 nitrogen and oxygen atoms in total. The van der Waals surface area contributed by atoms with Crippen molar-refractivity contribution < 1.29 is 14.2 Å². The highest BCUT2D eigenvalue weighted by Gasteiger charge is 2.13. The van der Waals surface area contributed by atoms with Crippen LogP contribution in [0.3, 0.4) is 0 Å². The monoisotopic (exact) mass is 315 g/mol. The van der Waals surface area contributed by atoms with Gasteiger partial charge in [-0.3, -0.25) is 0 Å². The largest absolute Gasteiger partial charge is 0.494 e. The summed E-state index contributed by atoms with van der Waals surface area (Å²) in [5.74, 6) is 2.62. The number of ether oxygens (including phenoxy) is 3. The fourth-order valence-corrected chi connectivity index (χ4v) is 2.63. The van der Waals surface area contributed by atoms with Crippen molar-refractivity contribution in [2.75, 3.05) is 27.4 Å². The number of hydrogen-bond donors (Lipinski definition) is 1. The summed E-state index contributed by atoms with van der Waals surface area (Å²) in [6.07, 6.45) is 0.852. The molecule has 0 aromatic heterocycles. The quantitative estimate of drug-likeness (QED) is 0.811. The molecule has 0 saturated carbocycles. The van der Waals surface area contributed by atoms with Crippen molar-refractivity contribution in [2.24, 2.45) is 5.73 Å². The van der Waals surface area contributed by atoms with Gasteiger partial charge in [0.15, 0.2) is 11.5 Å². The van der Waals surface area contributed by atoms with Crippen LogP contribution in [0.4, 0.5) is 0 Å². The summed E-state index contributed by atoms with van der Waals surface area (Å²) < 4.78 is 16.1. The zero-order valence-electron chi connectivity index (χ0n) is 14.0. The number of rotatable bonds is 8. The molecule has 0 aliphatic heterocycles. The van der Waals surface area contributed by atoms with Crippen LogP contribution in [0.2, 0.25) is 0 Å². The highest BCUT2D eigenvalue weighted by molar-refractivity contribution is 5.43. The molecular formula is C19H25NO3. The normalized spacial score (nSPS) is 11.8. The molecule has 1 atom stereocenters. The Morgan fingerprint density at radius 2 is 1.65 bits per heavy atom. The van der Waals surface area contributed by atoms with Crippen LogP contribution in [0.15, 0.2) is 42.5 Å². The van der Waals surface area contributed by atoms with Gasteiger partial charge in [-0.2, -0.15) is 0 Å². The first-order valence-corrected chi connectivity index (χ1v) is 7.85. The first-order valence-electron chi connectivity index (χ1n) is 7.85. The second-order valence-corrected chi connectivity index (χ2v) is 5.33. The Kier molecular flexibility index (Phi) is 6.29. The minimum atomic E-state index is 0.253. The van der Waals surface area contributed by atoms with Crippen LogP contribution in [0.1, 0.15) is 24.0 Å². The maximum atomic E-state index is 5.99. The van der Waals surface area contributed by atoms with E-state index in [1.165, 1.54) is 11.1 Å². The average Bonchev–Trinajstić information content (AvgIpc) is 2.60. The third-order valence-corrected chi connectivity index (χ3v) is 3.88. The molecule has 0 fully saturated rings. The Morgan fingerprint density at radius 1 is 0.957 bits per heavy atom. The van der Waals surface area contributed by atoms with Gasteiger partial charge in [0.05, 0.1) is 20.8 Å². The molecule has 0 amide bonds. The fraction of sp³-hybridized carbons (Fsp3) is 0.368. The van der Waals surface area contributed by atoms with Crippen LogP contribution in [0, 0.1) is 0 Å². The molecule has 0 spiro atoms. The number of methoxy groups -OCH3 is 2. The summed E-state index contributed by atoms with van der Waals surface area (Å²) in [6, 6.07) is 14.2. The smallest absolute Gasteiger partial charge is 0.160 e. The molecule has 0 heterocycles. The second-order valence-electron chi connectivity index (χ2n) is 5.33. The van der Waals surface area contributed by atoms with Crippen LogP contribution in [0.25, 0.3) is 0 Å². The summed E-state index contributed by atoms with van der Waals surface area (Å²) in [5, 5.41) is 0. The van der Waals surface area contributed by atoms with Crippen LogP contribution in [0.5, 0.6) is 17.2 Å². The maximum Gasteiger partial charge on any atom is 0.160 e. The van der Waals surface area contributed by atoms with E-state index in [0.717, 1.165) is 23.7 Å². The standard InChI is InChI=1S/C19H25NO3/c1-4-23-17-8-6-15(7-9-17)16(13-20)11-14-5-10-18(21-2)19(12-14)22-3/h5-10,12,16H,4,11,13,20H2,1-3H3. The van der Waals surface area contributed by atoms with Crippen LogP contribution < -0.4 is 19.9 Å². The molecule has 2 rings (SSSR count). The number of nitrogens with two attached hydrogens (primary N) is 1. The van der Waals surface area contributed by atoms with Crippen molar-refractivity contribution in [2.45, 2.75) is 19.3 Å². The van der Waals surface area contributed by atoms with E-state index in [1.54, 1.807) is 14.2 Å². The second kappa shape index (κ2) is 8.44. The van der Waals surface area contributed by atoms with E-state index in [-0.39, 0.29) is 5.92 Å². The summed E-state index contributed by atoms with van der Waals surface area (Å²) in [5.41, 5.74) is 8.38. The number of hydrogen-bond acceptors (Lipinski definition) is 4. The minimum Gasteiger partial charge on any atom is -0.494 e. The van der Waals surface area contributed by atoms with Crippen molar-refractivity contribution in [1.29, 1.82) is 0 Å². The topological polar surface area (TPSA) is 53.7 Å². The van der Waals surface area contributed by atoms with Gasteiger partial charge in [0.1, 0.15) is 5.75 Å². The van der Waals surface area contributed by atoms with Crippen LogP contribution in [-0.4, -0.2) is 27.4 Å². The molecule has 0 radical (unpaired) electrons. The minimum absolute atomic E-state index is 0.253. The molecule has 0 bridgehead atoms. The Morgan fingerprint density at radius 3 is 2.22 bits per heavy atom. The van der Waals surface area contributed by atoms with E-state index in [1.807, 2.05) is 31.2 Å². The Labute approximate surface area is 138 Å². The summed E-state index contributed by atoms with van der Waals surface area (Å²) >= 11 is 0.